The van der Waals surface area contributed by atoms with E-state index < -0.39 is 0 Å². The van der Waals surface area contributed by atoms with Crippen LogP contribution < -0.4 is 5.32 Å². The van der Waals surface area contributed by atoms with Crippen molar-refractivity contribution in [1.29, 1.82) is 0 Å². The number of ether oxygens (including phenoxy) is 1. The van der Waals surface area contributed by atoms with Gasteiger partial charge < -0.3 is 14.6 Å². The van der Waals surface area contributed by atoms with Crippen molar-refractivity contribution >= 4 is 5.97 Å². The highest BCUT2D eigenvalue weighted by Crippen LogP contribution is 2.03. The number of aromatic nitrogens is 2. The third kappa shape index (κ3) is 3.06. The molecular weight excluding hydrogens is 206 g/mol. The van der Waals surface area contributed by atoms with Gasteiger partial charge in [-0.3, -0.25) is 4.79 Å². The van der Waals surface area contributed by atoms with Crippen LogP contribution in [0, 0.1) is 0 Å². The molecule has 0 bridgehead atoms. The second kappa shape index (κ2) is 6.27. The number of carbonyl (C=O) groups is 1. The third-order valence-corrected chi connectivity index (χ3v) is 2.61. The molecule has 16 heavy (non-hydrogen) atoms. The van der Waals surface area contributed by atoms with E-state index >= 15 is 0 Å². The molecule has 0 saturated heterocycles. The monoisotopic (exact) mass is 225 g/mol. The predicted molar refractivity (Wildman–Crippen MR) is 61.1 cm³/mol. The smallest absolute Gasteiger partial charge is 0.322 e. The van der Waals surface area contributed by atoms with E-state index in [9.17, 15) is 4.79 Å². The standard InChI is InChI=1S/C11H19N3O2/c1-4-10-13-6-8-14(10)7-5-9(12-2)11(15)16-3/h6,8-9,12H,4-5,7H2,1-3H3. The van der Waals surface area contributed by atoms with Crippen LogP contribution in [0.4, 0.5) is 0 Å². The number of methoxy groups -OCH3 is 1. The van der Waals surface area contributed by atoms with E-state index in [0.29, 0.717) is 6.42 Å². The van der Waals surface area contributed by atoms with Crippen molar-refractivity contribution in [3.05, 3.63) is 18.2 Å². The second-order valence-electron chi connectivity index (χ2n) is 3.54. The maximum Gasteiger partial charge on any atom is 0.322 e. The van der Waals surface area contributed by atoms with Crippen LogP contribution in [0.25, 0.3) is 0 Å². The molecule has 5 nitrogen and oxygen atoms in total. The molecule has 0 aromatic carbocycles. The van der Waals surface area contributed by atoms with Gasteiger partial charge in [0.2, 0.25) is 0 Å². The van der Waals surface area contributed by atoms with Gasteiger partial charge >= 0.3 is 5.97 Å². The largest absolute Gasteiger partial charge is 0.468 e. The van der Waals surface area contributed by atoms with Gasteiger partial charge in [-0.15, -0.1) is 0 Å². The number of likely N-dealkylation sites (N-methyl/N-ethyl adjacent to an activating group) is 1. The lowest BCUT2D eigenvalue weighted by atomic mass is 10.2. The van der Waals surface area contributed by atoms with Crippen LogP contribution in [0.15, 0.2) is 12.4 Å². The lowest BCUT2D eigenvalue weighted by Gasteiger charge is -2.14. The summed E-state index contributed by atoms with van der Waals surface area (Å²) in [5, 5.41) is 2.94. The summed E-state index contributed by atoms with van der Waals surface area (Å²) in [6.07, 6.45) is 5.32. The highest BCUT2D eigenvalue weighted by Gasteiger charge is 2.16. The van der Waals surface area contributed by atoms with Gasteiger partial charge in [0.1, 0.15) is 11.9 Å². The van der Waals surface area contributed by atoms with E-state index in [4.69, 9.17) is 4.74 Å². The average molecular weight is 225 g/mol. The first kappa shape index (κ1) is 12.7. The molecule has 1 heterocycles. The predicted octanol–water partition coefficient (Wildman–Crippen LogP) is 0.597. The number of carbonyl (C=O) groups excluding carboxylic acids is 1. The van der Waals surface area contributed by atoms with Crippen LogP contribution in [-0.2, 0) is 22.5 Å². The summed E-state index contributed by atoms with van der Waals surface area (Å²) in [5.74, 6) is 0.820. The summed E-state index contributed by atoms with van der Waals surface area (Å²) in [6.45, 7) is 2.83. The van der Waals surface area contributed by atoms with E-state index in [0.717, 1.165) is 18.8 Å². The number of hydrogen-bond acceptors (Lipinski definition) is 4. The Balaban J connectivity index is 2.52. The van der Waals surface area contributed by atoms with E-state index in [1.165, 1.54) is 7.11 Å². The maximum absolute atomic E-state index is 11.3. The second-order valence-corrected chi connectivity index (χ2v) is 3.54. The van der Waals surface area contributed by atoms with Crippen molar-refractivity contribution in [3.63, 3.8) is 0 Å². The fourth-order valence-corrected chi connectivity index (χ4v) is 1.65. The van der Waals surface area contributed by atoms with Gasteiger partial charge in [0.05, 0.1) is 7.11 Å². The number of imidazole rings is 1. The first-order valence-electron chi connectivity index (χ1n) is 5.48. The van der Waals surface area contributed by atoms with Crippen LogP contribution in [0.1, 0.15) is 19.2 Å². The third-order valence-electron chi connectivity index (χ3n) is 2.61. The molecule has 90 valence electrons. The number of rotatable bonds is 6. The Morgan fingerprint density at radius 2 is 2.44 bits per heavy atom. The van der Waals surface area contributed by atoms with Gasteiger partial charge in [0, 0.05) is 25.4 Å². The molecule has 0 aliphatic heterocycles. The molecule has 1 N–H and O–H groups in total. The minimum atomic E-state index is -0.253. The Morgan fingerprint density at radius 3 is 3.00 bits per heavy atom. The lowest BCUT2D eigenvalue weighted by Crippen LogP contribution is -2.35. The molecule has 5 heteroatoms. The highest BCUT2D eigenvalue weighted by atomic mass is 16.5. The quantitative estimate of drug-likeness (QED) is 0.720. The zero-order valence-corrected chi connectivity index (χ0v) is 10.1. The molecule has 0 aliphatic carbocycles. The van der Waals surface area contributed by atoms with Crippen LogP contribution in [0.2, 0.25) is 0 Å². The molecule has 1 atom stereocenters. The molecular formula is C11H19N3O2. The van der Waals surface area contributed by atoms with E-state index in [2.05, 4.69) is 21.8 Å². The molecule has 0 saturated carbocycles. The van der Waals surface area contributed by atoms with E-state index in [1.54, 1.807) is 13.2 Å². The van der Waals surface area contributed by atoms with Gasteiger partial charge in [-0.2, -0.15) is 0 Å². The average Bonchev–Trinajstić information content (AvgIpc) is 2.76. The molecule has 1 aromatic heterocycles. The first-order valence-corrected chi connectivity index (χ1v) is 5.48. The zero-order chi connectivity index (χ0) is 12.0. The van der Waals surface area contributed by atoms with Crippen molar-refractivity contribution in [2.24, 2.45) is 0 Å². The van der Waals surface area contributed by atoms with Crippen LogP contribution >= 0.6 is 0 Å². The zero-order valence-electron chi connectivity index (χ0n) is 10.1. The topological polar surface area (TPSA) is 56.2 Å². The molecule has 0 fully saturated rings. The van der Waals surface area contributed by atoms with Crippen LogP contribution in [0.3, 0.4) is 0 Å². The molecule has 1 rings (SSSR count). The number of aryl methyl sites for hydroxylation is 2. The summed E-state index contributed by atoms with van der Waals surface area (Å²) in [7, 11) is 3.16. The maximum atomic E-state index is 11.3. The van der Waals surface area contributed by atoms with Gasteiger partial charge in [-0.1, -0.05) is 6.92 Å². The summed E-state index contributed by atoms with van der Waals surface area (Å²) in [4.78, 5) is 15.6. The number of esters is 1. The summed E-state index contributed by atoms with van der Waals surface area (Å²) < 4.78 is 6.77. The SMILES string of the molecule is CCc1nccn1CCC(NC)C(=O)OC. The van der Waals surface area contributed by atoms with Gasteiger partial charge in [-0.05, 0) is 13.5 Å². The van der Waals surface area contributed by atoms with Gasteiger partial charge in [0.15, 0.2) is 0 Å². The fourth-order valence-electron chi connectivity index (χ4n) is 1.65. The van der Waals surface area contributed by atoms with Gasteiger partial charge in [0.25, 0.3) is 0 Å². The first-order chi connectivity index (χ1) is 7.72. The minimum absolute atomic E-state index is 0.222. The summed E-state index contributed by atoms with van der Waals surface area (Å²) >= 11 is 0. The van der Waals surface area contributed by atoms with Crippen molar-refractivity contribution in [1.82, 2.24) is 14.9 Å². The Bertz CT molecular complexity index is 336. The Morgan fingerprint density at radius 1 is 1.69 bits per heavy atom. The van der Waals surface area contributed by atoms with Crippen molar-refractivity contribution in [2.75, 3.05) is 14.2 Å². The number of nitrogens with zero attached hydrogens (tertiary/aromatic N) is 2. The Hall–Kier alpha value is -1.36. The Labute approximate surface area is 95.8 Å². The Kier molecular flexibility index (Phi) is 4.98. The summed E-state index contributed by atoms with van der Waals surface area (Å²) in [5.41, 5.74) is 0. The molecule has 1 unspecified atom stereocenters. The molecule has 0 radical (unpaired) electrons. The van der Waals surface area contributed by atoms with Crippen molar-refractivity contribution in [2.45, 2.75) is 32.4 Å². The molecule has 1 aromatic rings. The molecule has 0 amide bonds. The van der Waals surface area contributed by atoms with Crippen molar-refractivity contribution < 1.29 is 9.53 Å². The number of hydrogen-bond donors (Lipinski definition) is 1. The van der Waals surface area contributed by atoms with Crippen LogP contribution in [-0.4, -0.2) is 35.7 Å². The highest BCUT2D eigenvalue weighted by molar-refractivity contribution is 5.75. The molecule has 0 aliphatic rings. The molecule has 0 spiro atoms. The van der Waals surface area contributed by atoms with Crippen molar-refractivity contribution in [3.8, 4) is 0 Å². The van der Waals surface area contributed by atoms with Gasteiger partial charge in [-0.25, -0.2) is 4.98 Å². The van der Waals surface area contributed by atoms with E-state index in [-0.39, 0.29) is 12.0 Å². The fraction of sp³-hybridized carbons (Fsp3) is 0.636. The summed E-state index contributed by atoms with van der Waals surface area (Å²) in [6, 6.07) is -0.253. The lowest BCUT2D eigenvalue weighted by molar-refractivity contribution is -0.143. The minimum Gasteiger partial charge on any atom is -0.468 e. The van der Waals surface area contributed by atoms with E-state index in [1.807, 2.05) is 6.20 Å². The van der Waals surface area contributed by atoms with Crippen LogP contribution in [0.5, 0.6) is 0 Å². The number of nitrogens with one attached hydrogen (secondary N) is 1. The normalized spacial score (nSPS) is 12.4.